The van der Waals surface area contributed by atoms with Crippen molar-refractivity contribution < 1.29 is 4.52 Å². The lowest BCUT2D eigenvalue weighted by atomic mass is 10.0. The number of aryl methyl sites for hydroxylation is 1. The van der Waals surface area contributed by atoms with Gasteiger partial charge in [0.25, 0.3) is 5.71 Å². The Labute approximate surface area is 145 Å². The first-order valence-electron chi connectivity index (χ1n) is 8.27. The van der Waals surface area contributed by atoms with E-state index in [-0.39, 0.29) is 0 Å². The molecule has 0 radical (unpaired) electrons. The number of hydrogen-bond donors (Lipinski definition) is 1. The minimum atomic E-state index is 0.496. The molecule has 25 heavy (non-hydrogen) atoms. The van der Waals surface area contributed by atoms with Gasteiger partial charge in [-0.1, -0.05) is 59.8 Å². The van der Waals surface area contributed by atoms with Crippen LogP contribution in [0, 0.1) is 6.92 Å². The molecular weight excluding hydrogens is 312 g/mol. The zero-order valence-corrected chi connectivity index (χ0v) is 13.9. The van der Waals surface area contributed by atoms with E-state index in [1.54, 1.807) is 0 Å². The number of nitrogens with zero attached hydrogens (tertiary/aromatic N) is 3. The first-order chi connectivity index (χ1) is 12.3. The molecule has 4 rings (SSSR count). The van der Waals surface area contributed by atoms with E-state index < -0.39 is 0 Å². The molecule has 0 aliphatic heterocycles. The van der Waals surface area contributed by atoms with Crippen molar-refractivity contribution in [2.75, 3.05) is 11.9 Å². The van der Waals surface area contributed by atoms with Crippen LogP contribution in [0.1, 0.15) is 11.1 Å². The Morgan fingerprint density at radius 3 is 2.60 bits per heavy atom. The highest BCUT2D eigenvalue weighted by Crippen LogP contribution is 2.32. The molecule has 0 saturated heterocycles. The number of fused-ring (bicyclic) bond motifs is 1. The minimum absolute atomic E-state index is 0.496. The highest BCUT2D eigenvalue weighted by Gasteiger charge is 2.17. The fraction of sp³-hybridized carbons (Fsp3) is 0.150. The van der Waals surface area contributed by atoms with Gasteiger partial charge in [0, 0.05) is 12.1 Å². The summed E-state index contributed by atoms with van der Waals surface area (Å²) in [5, 5.41) is 8.46. The average Bonchev–Trinajstić information content (AvgIpc) is 3.08. The lowest BCUT2D eigenvalue weighted by Crippen LogP contribution is -2.07. The number of benzene rings is 2. The van der Waals surface area contributed by atoms with Crippen LogP contribution in [-0.4, -0.2) is 21.7 Å². The van der Waals surface area contributed by atoms with E-state index in [0.29, 0.717) is 5.71 Å². The van der Waals surface area contributed by atoms with Crippen LogP contribution in [-0.2, 0) is 6.42 Å². The van der Waals surface area contributed by atoms with E-state index in [9.17, 15) is 0 Å². The summed E-state index contributed by atoms with van der Waals surface area (Å²) in [6.07, 6.45) is 2.41. The van der Waals surface area contributed by atoms with Gasteiger partial charge in [-0.25, -0.2) is 4.98 Å². The van der Waals surface area contributed by atoms with Crippen LogP contribution in [0.5, 0.6) is 0 Å². The Morgan fingerprint density at radius 1 is 0.960 bits per heavy atom. The molecule has 0 atom stereocenters. The molecule has 1 N–H and O–H groups in total. The molecular formula is C20H18N4O. The summed E-state index contributed by atoms with van der Waals surface area (Å²) in [5.41, 5.74) is 4.72. The van der Waals surface area contributed by atoms with Gasteiger partial charge in [-0.15, -0.1) is 0 Å². The summed E-state index contributed by atoms with van der Waals surface area (Å²) in [4.78, 5) is 8.61. The molecule has 0 aliphatic carbocycles. The molecule has 5 nitrogen and oxygen atoms in total. The summed E-state index contributed by atoms with van der Waals surface area (Å²) < 4.78 is 5.42. The number of rotatable bonds is 5. The largest absolute Gasteiger partial charge is 0.369 e. The second-order valence-electron chi connectivity index (χ2n) is 5.91. The van der Waals surface area contributed by atoms with Crippen LogP contribution < -0.4 is 5.32 Å². The summed E-state index contributed by atoms with van der Waals surface area (Å²) in [6.45, 7) is 2.83. The SMILES string of the molecule is Cc1ccccc1-c1noc2ncnc(NCCc3ccccc3)c12. The van der Waals surface area contributed by atoms with Crippen LogP contribution in [0.15, 0.2) is 65.4 Å². The van der Waals surface area contributed by atoms with Crippen molar-refractivity contribution in [1.82, 2.24) is 15.1 Å². The van der Waals surface area contributed by atoms with Crippen molar-refractivity contribution in [2.45, 2.75) is 13.3 Å². The van der Waals surface area contributed by atoms with Gasteiger partial charge in [-0.05, 0) is 24.5 Å². The normalized spacial score (nSPS) is 10.9. The van der Waals surface area contributed by atoms with Crippen molar-refractivity contribution in [3.8, 4) is 11.3 Å². The predicted octanol–water partition coefficient (Wildman–Crippen LogP) is 4.25. The van der Waals surface area contributed by atoms with Crippen LogP contribution in [0.4, 0.5) is 5.82 Å². The van der Waals surface area contributed by atoms with Crippen LogP contribution in [0.3, 0.4) is 0 Å². The second kappa shape index (κ2) is 6.73. The molecule has 2 aromatic heterocycles. The highest BCUT2D eigenvalue weighted by molar-refractivity contribution is 5.98. The quantitative estimate of drug-likeness (QED) is 0.593. The molecule has 0 amide bonds. The maximum atomic E-state index is 5.42. The molecule has 4 aromatic rings. The lowest BCUT2D eigenvalue weighted by molar-refractivity contribution is 0.451. The summed E-state index contributed by atoms with van der Waals surface area (Å²) in [5.74, 6) is 0.750. The Hall–Kier alpha value is -3.21. The first kappa shape index (κ1) is 15.3. The Kier molecular flexibility index (Phi) is 4.12. The number of anilines is 1. The van der Waals surface area contributed by atoms with E-state index in [4.69, 9.17) is 4.52 Å². The fourth-order valence-corrected chi connectivity index (χ4v) is 2.91. The molecule has 0 unspecified atom stereocenters. The van der Waals surface area contributed by atoms with Crippen LogP contribution in [0.2, 0.25) is 0 Å². The van der Waals surface area contributed by atoms with Gasteiger partial charge in [0.15, 0.2) is 0 Å². The van der Waals surface area contributed by atoms with Crippen LogP contribution in [0.25, 0.3) is 22.4 Å². The summed E-state index contributed by atoms with van der Waals surface area (Å²) in [6, 6.07) is 18.5. The Balaban J connectivity index is 1.65. The molecule has 0 spiro atoms. The molecule has 0 bridgehead atoms. The van der Waals surface area contributed by atoms with Gasteiger partial charge in [-0.3, -0.25) is 0 Å². The molecule has 124 valence electrons. The topological polar surface area (TPSA) is 63.8 Å². The molecule has 2 heterocycles. The lowest BCUT2D eigenvalue weighted by Gasteiger charge is -2.07. The third-order valence-corrected chi connectivity index (χ3v) is 4.22. The maximum absolute atomic E-state index is 5.42. The zero-order valence-electron chi connectivity index (χ0n) is 13.9. The van der Waals surface area contributed by atoms with Gasteiger partial charge in [0.1, 0.15) is 23.2 Å². The monoisotopic (exact) mass is 330 g/mol. The third kappa shape index (κ3) is 3.08. The van der Waals surface area contributed by atoms with Crippen molar-refractivity contribution in [3.63, 3.8) is 0 Å². The Morgan fingerprint density at radius 2 is 1.76 bits per heavy atom. The number of nitrogens with one attached hydrogen (secondary N) is 1. The van der Waals surface area contributed by atoms with E-state index in [0.717, 1.165) is 41.0 Å². The third-order valence-electron chi connectivity index (χ3n) is 4.22. The van der Waals surface area contributed by atoms with Crippen molar-refractivity contribution in [2.24, 2.45) is 0 Å². The van der Waals surface area contributed by atoms with E-state index in [1.165, 1.54) is 11.9 Å². The fourth-order valence-electron chi connectivity index (χ4n) is 2.91. The molecule has 5 heteroatoms. The highest BCUT2D eigenvalue weighted by atomic mass is 16.5. The average molecular weight is 330 g/mol. The van der Waals surface area contributed by atoms with Crippen LogP contribution >= 0.6 is 0 Å². The molecule has 0 saturated carbocycles. The van der Waals surface area contributed by atoms with Crippen molar-refractivity contribution in [3.05, 3.63) is 72.1 Å². The Bertz CT molecular complexity index is 995. The van der Waals surface area contributed by atoms with Gasteiger partial charge in [0.05, 0.1) is 0 Å². The predicted molar refractivity (Wildman–Crippen MR) is 98.4 cm³/mol. The molecule has 2 aromatic carbocycles. The van der Waals surface area contributed by atoms with Crippen molar-refractivity contribution in [1.29, 1.82) is 0 Å². The summed E-state index contributed by atoms with van der Waals surface area (Å²) >= 11 is 0. The van der Waals surface area contributed by atoms with E-state index >= 15 is 0 Å². The molecule has 0 aliphatic rings. The van der Waals surface area contributed by atoms with Gasteiger partial charge < -0.3 is 9.84 Å². The minimum Gasteiger partial charge on any atom is -0.369 e. The smallest absolute Gasteiger partial charge is 0.263 e. The maximum Gasteiger partial charge on any atom is 0.263 e. The molecule has 0 fully saturated rings. The van der Waals surface area contributed by atoms with Gasteiger partial charge >= 0.3 is 0 Å². The standard InChI is InChI=1S/C20H18N4O/c1-14-7-5-6-10-16(14)18-17-19(22-13-23-20(17)25-24-18)21-12-11-15-8-3-2-4-9-15/h2-10,13H,11-12H2,1H3,(H,21,22,23). The van der Waals surface area contributed by atoms with Gasteiger partial charge in [-0.2, -0.15) is 4.98 Å². The van der Waals surface area contributed by atoms with Gasteiger partial charge in [0.2, 0.25) is 0 Å². The zero-order chi connectivity index (χ0) is 17.1. The number of aromatic nitrogens is 3. The second-order valence-corrected chi connectivity index (χ2v) is 5.91. The van der Waals surface area contributed by atoms with E-state index in [2.05, 4.69) is 57.7 Å². The van der Waals surface area contributed by atoms with Crippen molar-refractivity contribution >= 4 is 16.9 Å². The van der Waals surface area contributed by atoms with E-state index in [1.807, 2.05) is 24.3 Å². The first-order valence-corrected chi connectivity index (χ1v) is 8.27. The number of hydrogen-bond acceptors (Lipinski definition) is 5. The summed E-state index contributed by atoms with van der Waals surface area (Å²) in [7, 11) is 0.